The zero-order valence-electron chi connectivity index (χ0n) is 11.9. The fourth-order valence-electron chi connectivity index (χ4n) is 1.39. The summed E-state index contributed by atoms with van der Waals surface area (Å²) in [5.41, 5.74) is 0.541. The second-order valence-electron chi connectivity index (χ2n) is 4.72. The molecular formula is C13H7F11O. The number of hydrogen-bond acceptors (Lipinski definition) is 1. The summed E-state index contributed by atoms with van der Waals surface area (Å²) in [5, 5.41) is 0. The van der Waals surface area contributed by atoms with Crippen LogP contribution in [-0.4, -0.2) is 23.9 Å². The lowest BCUT2D eigenvalue weighted by molar-refractivity contribution is -0.392. The van der Waals surface area contributed by atoms with E-state index in [1.54, 1.807) is 0 Å². The first-order valence-electron chi connectivity index (χ1n) is 6.06. The van der Waals surface area contributed by atoms with Crippen LogP contribution >= 0.6 is 0 Å². The number of hydrogen-bond donors (Lipinski definition) is 0. The topological polar surface area (TPSA) is 9.23 Å². The van der Waals surface area contributed by atoms with Crippen LogP contribution in [0.3, 0.4) is 0 Å². The van der Waals surface area contributed by atoms with E-state index in [1.165, 1.54) is 19.1 Å². The van der Waals surface area contributed by atoms with Gasteiger partial charge in [-0.25, -0.2) is 0 Å². The van der Waals surface area contributed by atoms with Gasteiger partial charge in [-0.15, -0.1) is 0 Å². The van der Waals surface area contributed by atoms with Crippen molar-refractivity contribution >= 4 is 0 Å². The van der Waals surface area contributed by atoms with Crippen molar-refractivity contribution in [2.24, 2.45) is 0 Å². The Balaban J connectivity index is 3.27. The Labute approximate surface area is 132 Å². The number of aryl methyl sites for hydroxylation is 1. The summed E-state index contributed by atoms with van der Waals surface area (Å²) in [6.07, 6.45) is -7.14. The van der Waals surface area contributed by atoms with Crippen LogP contribution in [0.25, 0.3) is 0 Å². The van der Waals surface area contributed by atoms with Gasteiger partial charge in [0.05, 0.1) is 0 Å². The summed E-state index contributed by atoms with van der Waals surface area (Å²) >= 11 is 0. The number of benzene rings is 1. The maximum atomic E-state index is 13.2. The normalized spacial score (nSPS) is 15.0. The van der Waals surface area contributed by atoms with Gasteiger partial charge in [-0.1, -0.05) is 17.7 Å². The zero-order chi connectivity index (χ0) is 19.8. The molecule has 0 saturated carbocycles. The fraction of sp³-hybridized carbons (Fsp3) is 0.385. The molecule has 0 aliphatic rings. The van der Waals surface area contributed by atoms with Crippen LogP contribution < -0.4 is 4.74 Å². The van der Waals surface area contributed by atoms with Crippen molar-refractivity contribution < 1.29 is 53.0 Å². The van der Waals surface area contributed by atoms with Gasteiger partial charge in [0.1, 0.15) is 5.75 Å². The Morgan fingerprint density at radius 3 is 1.60 bits per heavy atom. The van der Waals surface area contributed by atoms with E-state index in [9.17, 15) is 48.3 Å². The second-order valence-corrected chi connectivity index (χ2v) is 4.72. The lowest BCUT2D eigenvalue weighted by atomic mass is 10.0. The summed E-state index contributed by atoms with van der Waals surface area (Å²) in [4.78, 5) is 0. The fourth-order valence-corrected chi connectivity index (χ4v) is 1.39. The summed E-state index contributed by atoms with van der Waals surface area (Å²) in [6.45, 7) is 1.52. The van der Waals surface area contributed by atoms with Crippen LogP contribution in [-0.2, 0) is 0 Å². The minimum atomic E-state index is -7.34. The highest BCUT2D eigenvalue weighted by Crippen LogP contribution is 2.55. The quantitative estimate of drug-likeness (QED) is 0.448. The van der Waals surface area contributed by atoms with Gasteiger partial charge in [0.25, 0.3) is 0 Å². The van der Waals surface area contributed by atoms with Crippen LogP contribution in [0.5, 0.6) is 5.75 Å². The van der Waals surface area contributed by atoms with Gasteiger partial charge in [0, 0.05) is 0 Å². The van der Waals surface area contributed by atoms with E-state index in [-0.39, 0.29) is 0 Å². The molecule has 1 aromatic carbocycles. The summed E-state index contributed by atoms with van der Waals surface area (Å²) in [6, 6.07) is 1.06. The molecule has 0 heterocycles. The molecule has 0 amide bonds. The Hall–Kier alpha value is -2.01. The summed E-state index contributed by atoms with van der Waals surface area (Å²) < 4.78 is 143. The lowest BCUT2D eigenvalue weighted by Gasteiger charge is -2.32. The molecule has 142 valence electrons. The Morgan fingerprint density at radius 1 is 0.760 bits per heavy atom. The molecule has 1 rings (SSSR count). The predicted molar refractivity (Wildman–Crippen MR) is 61.9 cm³/mol. The Kier molecular flexibility index (Phi) is 5.36. The van der Waals surface area contributed by atoms with E-state index in [0.29, 0.717) is 5.56 Å². The minimum Gasteiger partial charge on any atom is -0.430 e. The first kappa shape index (κ1) is 21.0. The molecule has 0 fully saturated rings. The van der Waals surface area contributed by atoms with Crippen molar-refractivity contribution in [1.29, 1.82) is 0 Å². The summed E-state index contributed by atoms with van der Waals surface area (Å²) in [5.74, 6) is -26.1. The van der Waals surface area contributed by atoms with Crippen molar-refractivity contribution in [3.63, 3.8) is 0 Å². The van der Waals surface area contributed by atoms with Gasteiger partial charge in [-0.3, -0.25) is 0 Å². The predicted octanol–water partition coefficient (Wildman–Crippen LogP) is 5.95. The highest BCUT2D eigenvalue weighted by Gasteiger charge is 2.83. The van der Waals surface area contributed by atoms with Gasteiger partial charge in [-0.2, -0.15) is 48.3 Å². The molecule has 0 radical (unpaired) electrons. The molecule has 0 N–H and O–H groups in total. The first-order chi connectivity index (χ1) is 11.1. The molecule has 12 heteroatoms. The third-order valence-corrected chi connectivity index (χ3v) is 2.82. The monoisotopic (exact) mass is 388 g/mol. The minimum absolute atomic E-state index is 0.541. The lowest BCUT2D eigenvalue weighted by Crippen LogP contribution is -2.61. The maximum Gasteiger partial charge on any atom is 0.460 e. The number of allylic oxidation sites excluding steroid dienone is 1. The molecule has 0 spiro atoms. The van der Waals surface area contributed by atoms with Crippen molar-refractivity contribution in [2.45, 2.75) is 30.9 Å². The van der Waals surface area contributed by atoms with Crippen LogP contribution in [0, 0.1) is 6.92 Å². The number of rotatable bonds is 5. The molecule has 0 unspecified atom stereocenters. The number of ether oxygens (including phenoxy) is 1. The Morgan fingerprint density at radius 2 is 1.20 bits per heavy atom. The molecule has 0 aliphatic heterocycles. The zero-order valence-corrected chi connectivity index (χ0v) is 11.9. The maximum absolute atomic E-state index is 13.2. The average molecular weight is 388 g/mol. The molecular weight excluding hydrogens is 381 g/mol. The highest BCUT2D eigenvalue weighted by atomic mass is 19.4. The van der Waals surface area contributed by atoms with E-state index in [2.05, 4.69) is 4.74 Å². The molecule has 0 atom stereocenters. The van der Waals surface area contributed by atoms with Gasteiger partial charge < -0.3 is 4.74 Å². The van der Waals surface area contributed by atoms with Gasteiger partial charge in [0.2, 0.25) is 5.83 Å². The second kappa shape index (κ2) is 6.37. The largest absolute Gasteiger partial charge is 0.460 e. The van der Waals surface area contributed by atoms with E-state index < -0.39 is 41.5 Å². The smallest absolute Gasteiger partial charge is 0.430 e. The van der Waals surface area contributed by atoms with Gasteiger partial charge >= 0.3 is 30.0 Å². The molecule has 0 aliphatic carbocycles. The number of alkyl halides is 9. The molecule has 1 nitrogen and oxygen atoms in total. The molecule has 0 saturated heterocycles. The Bertz CT molecular complexity index is 643. The van der Waals surface area contributed by atoms with Crippen LogP contribution in [0.15, 0.2) is 36.1 Å². The molecule has 0 aromatic heterocycles. The van der Waals surface area contributed by atoms with E-state index in [0.717, 1.165) is 12.1 Å². The van der Waals surface area contributed by atoms with Crippen LogP contribution in [0.2, 0.25) is 0 Å². The number of halogens is 11. The van der Waals surface area contributed by atoms with E-state index >= 15 is 0 Å². The van der Waals surface area contributed by atoms with Crippen LogP contribution in [0.1, 0.15) is 5.56 Å². The molecule has 25 heavy (non-hydrogen) atoms. The molecule has 1 aromatic rings. The standard InChI is InChI=1S/C13H7F11O/c1-6-2-4-7(5-3-6)25-9(15)8(14)10(16,17)11(18,19)12(20,21)13(22,23)24/h2-5H,1H3. The van der Waals surface area contributed by atoms with Crippen molar-refractivity contribution in [1.82, 2.24) is 0 Å². The highest BCUT2D eigenvalue weighted by molar-refractivity contribution is 5.28. The van der Waals surface area contributed by atoms with Crippen molar-refractivity contribution in [2.75, 3.05) is 0 Å². The first-order valence-corrected chi connectivity index (χ1v) is 6.06. The summed E-state index contributed by atoms with van der Waals surface area (Å²) in [7, 11) is 0. The molecule has 0 bridgehead atoms. The van der Waals surface area contributed by atoms with Crippen LogP contribution in [0.4, 0.5) is 48.3 Å². The van der Waals surface area contributed by atoms with E-state index in [4.69, 9.17) is 0 Å². The average Bonchev–Trinajstić information content (AvgIpc) is 2.47. The van der Waals surface area contributed by atoms with E-state index in [1.807, 2.05) is 0 Å². The third-order valence-electron chi connectivity index (χ3n) is 2.82. The van der Waals surface area contributed by atoms with Gasteiger partial charge in [-0.05, 0) is 19.1 Å². The SMILES string of the molecule is Cc1ccc(OC(F)=C(F)C(F)(F)C(F)(F)C(F)(F)C(F)(F)F)cc1. The van der Waals surface area contributed by atoms with Crippen molar-refractivity contribution in [3.8, 4) is 5.75 Å². The van der Waals surface area contributed by atoms with Gasteiger partial charge in [0.15, 0.2) is 0 Å². The van der Waals surface area contributed by atoms with Crippen molar-refractivity contribution in [3.05, 3.63) is 41.7 Å². The third kappa shape index (κ3) is 3.66.